The fourth-order valence-corrected chi connectivity index (χ4v) is 2.16. The maximum Gasteiger partial charge on any atom is 0.225 e. The minimum absolute atomic E-state index is 0.186. The van der Waals surface area contributed by atoms with Crippen LogP contribution in [0.15, 0.2) is 12.7 Å². The van der Waals surface area contributed by atoms with E-state index in [1.165, 1.54) is 12.7 Å². The van der Waals surface area contributed by atoms with Crippen LogP contribution in [0.4, 0.5) is 5.95 Å². The second kappa shape index (κ2) is 4.53. The molecule has 5 heteroatoms. The molecular weight excluding hydrogens is 192 g/mol. The average Bonchev–Trinajstić information content (AvgIpc) is 2.60. The first-order chi connectivity index (χ1) is 7.29. The highest BCUT2D eigenvalue weighted by Crippen LogP contribution is 2.29. The second-order valence-corrected chi connectivity index (χ2v) is 4.01. The zero-order valence-corrected chi connectivity index (χ0v) is 8.80. The van der Waals surface area contributed by atoms with Crippen molar-refractivity contribution >= 4 is 5.95 Å². The number of hydrogen-bond acceptors (Lipinski definition) is 5. The monoisotopic (exact) mass is 208 g/mol. The highest BCUT2D eigenvalue weighted by molar-refractivity contribution is 5.23. The summed E-state index contributed by atoms with van der Waals surface area (Å²) in [6, 6.07) is 0.285. The molecule has 0 aliphatic heterocycles. The van der Waals surface area contributed by atoms with Crippen LogP contribution in [0.5, 0.6) is 0 Å². The van der Waals surface area contributed by atoms with Gasteiger partial charge in [-0.3, -0.25) is 0 Å². The Morgan fingerprint density at radius 1 is 1.40 bits per heavy atom. The number of aliphatic hydroxyl groups excluding tert-OH is 1. The molecule has 0 amide bonds. The van der Waals surface area contributed by atoms with Gasteiger partial charge in [0.2, 0.25) is 5.95 Å². The first-order valence-corrected chi connectivity index (χ1v) is 5.36. The molecule has 1 aliphatic carbocycles. The number of nitrogens with zero attached hydrogens (tertiary/aromatic N) is 3. The molecule has 3 atom stereocenters. The Morgan fingerprint density at radius 3 is 2.73 bits per heavy atom. The lowest BCUT2D eigenvalue weighted by molar-refractivity contribution is 0.130. The normalized spacial score (nSPS) is 30.4. The SMILES string of the molecule is CC[C@H]1C[C@@H](Nc2ncncn2)C[C@@H]1O. The van der Waals surface area contributed by atoms with E-state index in [4.69, 9.17) is 0 Å². The van der Waals surface area contributed by atoms with E-state index in [-0.39, 0.29) is 12.1 Å². The Bertz CT molecular complexity index is 306. The molecule has 2 rings (SSSR count). The predicted molar refractivity (Wildman–Crippen MR) is 56.3 cm³/mol. The molecule has 5 nitrogen and oxygen atoms in total. The Labute approximate surface area is 89.0 Å². The zero-order chi connectivity index (χ0) is 10.7. The third kappa shape index (κ3) is 2.41. The van der Waals surface area contributed by atoms with Gasteiger partial charge >= 0.3 is 0 Å². The molecule has 0 saturated heterocycles. The minimum Gasteiger partial charge on any atom is -0.393 e. The standard InChI is InChI=1S/C10H16N4O/c1-2-7-3-8(4-9(7)15)14-10-12-5-11-6-13-10/h5-9,15H,2-4H2,1H3,(H,11,12,13,14)/t7-,8+,9-/m0/s1. The van der Waals surface area contributed by atoms with Gasteiger partial charge in [-0.15, -0.1) is 0 Å². The predicted octanol–water partition coefficient (Wildman–Crippen LogP) is 0.833. The Morgan fingerprint density at radius 2 is 2.13 bits per heavy atom. The van der Waals surface area contributed by atoms with Gasteiger partial charge in [0.05, 0.1) is 6.10 Å². The molecule has 15 heavy (non-hydrogen) atoms. The lowest BCUT2D eigenvalue weighted by Gasteiger charge is -2.11. The van der Waals surface area contributed by atoms with Crippen LogP contribution in [0, 0.1) is 5.92 Å². The maximum atomic E-state index is 9.74. The van der Waals surface area contributed by atoms with Crippen LogP contribution < -0.4 is 5.32 Å². The summed E-state index contributed by atoms with van der Waals surface area (Å²) in [6.45, 7) is 2.11. The van der Waals surface area contributed by atoms with E-state index in [0.717, 1.165) is 19.3 Å². The topological polar surface area (TPSA) is 70.9 Å². The summed E-state index contributed by atoms with van der Waals surface area (Å²) in [5.41, 5.74) is 0. The number of aliphatic hydroxyl groups is 1. The summed E-state index contributed by atoms with van der Waals surface area (Å²) in [6.07, 6.45) is 5.55. The molecule has 0 aromatic carbocycles. The molecule has 0 spiro atoms. The van der Waals surface area contributed by atoms with Gasteiger partial charge in [-0.1, -0.05) is 13.3 Å². The zero-order valence-electron chi connectivity index (χ0n) is 8.80. The summed E-state index contributed by atoms with van der Waals surface area (Å²) in [5, 5.41) is 13.0. The number of rotatable bonds is 3. The van der Waals surface area contributed by atoms with Gasteiger partial charge in [0.25, 0.3) is 0 Å². The molecule has 0 bridgehead atoms. The second-order valence-electron chi connectivity index (χ2n) is 4.01. The average molecular weight is 208 g/mol. The van der Waals surface area contributed by atoms with E-state index in [1.807, 2.05) is 0 Å². The van der Waals surface area contributed by atoms with Crippen molar-refractivity contribution < 1.29 is 5.11 Å². The van der Waals surface area contributed by atoms with E-state index in [2.05, 4.69) is 27.2 Å². The summed E-state index contributed by atoms with van der Waals surface area (Å²) in [5.74, 6) is 1.00. The molecule has 1 aromatic rings. The maximum absolute atomic E-state index is 9.74. The Hall–Kier alpha value is -1.23. The quantitative estimate of drug-likeness (QED) is 0.770. The van der Waals surface area contributed by atoms with Crippen molar-refractivity contribution in [3.63, 3.8) is 0 Å². The molecule has 1 fully saturated rings. The highest BCUT2D eigenvalue weighted by atomic mass is 16.3. The number of anilines is 1. The van der Waals surface area contributed by atoms with Crippen LogP contribution >= 0.6 is 0 Å². The van der Waals surface area contributed by atoms with Crippen LogP contribution in [-0.2, 0) is 0 Å². The van der Waals surface area contributed by atoms with Crippen molar-refractivity contribution in [3.05, 3.63) is 12.7 Å². The largest absolute Gasteiger partial charge is 0.393 e. The molecule has 0 radical (unpaired) electrons. The van der Waals surface area contributed by atoms with Crippen LogP contribution in [0.3, 0.4) is 0 Å². The number of aromatic nitrogens is 3. The first-order valence-electron chi connectivity index (χ1n) is 5.36. The fraction of sp³-hybridized carbons (Fsp3) is 0.700. The fourth-order valence-electron chi connectivity index (χ4n) is 2.16. The lowest BCUT2D eigenvalue weighted by Crippen LogP contribution is -2.18. The molecule has 1 aromatic heterocycles. The van der Waals surface area contributed by atoms with Crippen LogP contribution in [0.1, 0.15) is 26.2 Å². The van der Waals surface area contributed by atoms with Crippen molar-refractivity contribution in [2.75, 3.05) is 5.32 Å². The van der Waals surface area contributed by atoms with Crippen LogP contribution in [0.2, 0.25) is 0 Å². The highest BCUT2D eigenvalue weighted by Gasteiger charge is 2.31. The number of nitrogens with one attached hydrogen (secondary N) is 1. The van der Waals surface area contributed by atoms with Crippen LogP contribution in [-0.4, -0.2) is 32.2 Å². The lowest BCUT2D eigenvalue weighted by atomic mass is 10.0. The molecule has 1 aliphatic rings. The van der Waals surface area contributed by atoms with Crippen LogP contribution in [0.25, 0.3) is 0 Å². The summed E-state index contributed by atoms with van der Waals surface area (Å²) < 4.78 is 0. The van der Waals surface area contributed by atoms with Gasteiger partial charge in [-0.05, 0) is 18.8 Å². The van der Waals surface area contributed by atoms with E-state index in [9.17, 15) is 5.11 Å². The van der Waals surface area contributed by atoms with E-state index < -0.39 is 0 Å². The van der Waals surface area contributed by atoms with Crippen molar-refractivity contribution in [2.24, 2.45) is 5.92 Å². The third-order valence-corrected chi connectivity index (χ3v) is 3.01. The first kappa shape index (κ1) is 10.3. The molecule has 2 N–H and O–H groups in total. The van der Waals surface area contributed by atoms with Crippen molar-refractivity contribution in [1.29, 1.82) is 0 Å². The van der Waals surface area contributed by atoms with Gasteiger partial charge in [-0.2, -0.15) is 0 Å². The van der Waals surface area contributed by atoms with E-state index in [1.54, 1.807) is 0 Å². The van der Waals surface area contributed by atoms with Crippen molar-refractivity contribution in [1.82, 2.24) is 15.0 Å². The Kier molecular flexibility index (Phi) is 3.11. The molecule has 1 heterocycles. The molecule has 0 unspecified atom stereocenters. The molecule has 1 saturated carbocycles. The third-order valence-electron chi connectivity index (χ3n) is 3.01. The van der Waals surface area contributed by atoms with Gasteiger partial charge < -0.3 is 10.4 Å². The number of hydrogen-bond donors (Lipinski definition) is 2. The van der Waals surface area contributed by atoms with Crippen molar-refractivity contribution in [3.8, 4) is 0 Å². The molecular formula is C10H16N4O. The Balaban J connectivity index is 1.92. The van der Waals surface area contributed by atoms with Gasteiger partial charge in [0.15, 0.2) is 0 Å². The van der Waals surface area contributed by atoms with Gasteiger partial charge in [0, 0.05) is 6.04 Å². The summed E-state index contributed by atoms with van der Waals surface area (Å²) in [4.78, 5) is 11.8. The summed E-state index contributed by atoms with van der Waals surface area (Å²) >= 11 is 0. The van der Waals surface area contributed by atoms with E-state index >= 15 is 0 Å². The smallest absolute Gasteiger partial charge is 0.225 e. The van der Waals surface area contributed by atoms with Gasteiger partial charge in [-0.25, -0.2) is 15.0 Å². The van der Waals surface area contributed by atoms with Crippen molar-refractivity contribution in [2.45, 2.75) is 38.3 Å². The molecule has 82 valence electrons. The summed E-state index contributed by atoms with van der Waals surface area (Å²) in [7, 11) is 0. The van der Waals surface area contributed by atoms with E-state index in [0.29, 0.717) is 11.9 Å². The minimum atomic E-state index is -0.186. The van der Waals surface area contributed by atoms with Gasteiger partial charge in [0.1, 0.15) is 12.7 Å².